The summed E-state index contributed by atoms with van der Waals surface area (Å²) in [6.07, 6.45) is 0.464. The number of amidine groups is 2. The molecule has 3 aromatic carbocycles. The second kappa shape index (κ2) is 9.64. The zero-order valence-electron chi connectivity index (χ0n) is 18.6. The third kappa shape index (κ3) is 4.72. The van der Waals surface area contributed by atoms with E-state index < -0.39 is 23.0 Å². The number of nitrogens with zero attached hydrogens (tertiary/aromatic N) is 3. The molecule has 176 valence electrons. The molecule has 0 saturated heterocycles. The van der Waals surface area contributed by atoms with E-state index in [2.05, 4.69) is 10.3 Å². The first kappa shape index (κ1) is 23.3. The lowest BCUT2D eigenvalue weighted by Gasteiger charge is -2.27. The first-order chi connectivity index (χ1) is 16.9. The van der Waals surface area contributed by atoms with Crippen LogP contribution in [0.15, 0.2) is 82.8 Å². The molecule has 6 nitrogen and oxygen atoms in total. The van der Waals surface area contributed by atoms with Gasteiger partial charge in [0.2, 0.25) is 5.91 Å². The molecule has 2 heterocycles. The van der Waals surface area contributed by atoms with Crippen molar-refractivity contribution in [3.05, 3.63) is 94.8 Å². The highest BCUT2D eigenvalue weighted by Crippen LogP contribution is 2.35. The zero-order chi connectivity index (χ0) is 24.5. The molecule has 5 rings (SSSR count). The zero-order valence-corrected chi connectivity index (χ0v) is 20.2. The molecule has 0 radical (unpaired) electrons. The molecule has 0 saturated carbocycles. The number of halogens is 2. The van der Waals surface area contributed by atoms with Gasteiger partial charge in [-0.1, -0.05) is 65.8 Å². The summed E-state index contributed by atoms with van der Waals surface area (Å²) in [5.74, 6) is -0.718. The average molecular weight is 507 g/mol. The number of thioether (sulfide) groups is 1. The Hall–Kier alpha value is -3.49. The number of nitrogens with one attached hydrogen (secondary N) is 1. The quantitative estimate of drug-likeness (QED) is 0.500. The van der Waals surface area contributed by atoms with Gasteiger partial charge in [0.05, 0.1) is 16.6 Å². The van der Waals surface area contributed by atoms with E-state index in [9.17, 15) is 14.0 Å². The van der Waals surface area contributed by atoms with Crippen LogP contribution in [-0.4, -0.2) is 39.0 Å². The van der Waals surface area contributed by atoms with Crippen LogP contribution in [0, 0.1) is 5.82 Å². The van der Waals surface area contributed by atoms with Crippen molar-refractivity contribution in [3.8, 4) is 0 Å². The smallest absolute Gasteiger partial charge is 0.259 e. The fraction of sp³-hybridized carbons (Fsp3) is 0.154. The molecule has 2 aliphatic heterocycles. The van der Waals surface area contributed by atoms with Crippen LogP contribution in [-0.2, 0) is 16.0 Å². The minimum Gasteiger partial charge on any atom is -0.323 e. The van der Waals surface area contributed by atoms with Gasteiger partial charge in [0.1, 0.15) is 17.7 Å². The van der Waals surface area contributed by atoms with Crippen LogP contribution in [0.2, 0.25) is 5.02 Å². The number of hydrogen-bond donors (Lipinski definition) is 1. The van der Waals surface area contributed by atoms with Gasteiger partial charge >= 0.3 is 0 Å². The van der Waals surface area contributed by atoms with Crippen LogP contribution in [0.5, 0.6) is 0 Å². The van der Waals surface area contributed by atoms with Crippen molar-refractivity contribution in [2.75, 3.05) is 5.32 Å². The van der Waals surface area contributed by atoms with Crippen LogP contribution in [0.1, 0.15) is 18.1 Å². The van der Waals surface area contributed by atoms with Gasteiger partial charge in [-0.2, -0.15) is 0 Å². The van der Waals surface area contributed by atoms with Crippen molar-refractivity contribution in [1.82, 2.24) is 4.90 Å². The van der Waals surface area contributed by atoms with Crippen LogP contribution >= 0.6 is 23.4 Å². The highest BCUT2D eigenvalue weighted by atomic mass is 35.5. The molecule has 0 aliphatic carbocycles. The van der Waals surface area contributed by atoms with Gasteiger partial charge in [-0.25, -0.2) is 14.3 Å². The number of amides is 2. The molecule has 3 aromatic rings. The number of carbonyl (C=O) groups is 2. The highest BCUT2D eigenvalue weighted by Gasteiger charge is 2.42. The summed E-state index contributed by atoms with van der Waals surface area (Å²) in [5, 5.41) is 2.51. The van der Waals surface area contributed by atoms with E-state index in [1.54, 1.807) is 6.92 Å². The Morgan fingerprint density at radius 3 is 2.66 bits per heavy atom. The van der Waals surface area contributed by atoms with Gasteiger partial charge in [-0.15, -0.1) is 0 Å². The number of hydrogen-bond acceptors (Lipinski definition) is 5. The van der Waals surface area contributed by atoms with Crippen LogP contribution < -0.4 is 5.32 Å². The van der Waals surface area contributed by atoms with Gasteiger partial charge in [0.15, 0.2) is 5.17 Å². The predicted molar refractivity (Wildman–Crippen MR) is 138 cm³/mol. The fourth-order valence-corrected chi connectivity index (χ4v) is 4.96. The predicted octanol–water partition coefficient (Wildman–Crippen LogP) is 5.44. The van der Waals surface area contributed by atoms with Crippen LogP contribution in [0.4, 0.5) is 15.8 Å². The Labute approximate surface area is 210 Å². The van der Waals surface area contributed by atoms with Crippen molar-refractivity contribution >= 4 is 57.6 Å². The van der Waals surface area contributed by atoms with E-state index in [1.165, 1.54) is 17.0 Å². The molecule has 0 spiro atoms. The maximum atomic E-state index is 14.1. The summed E-state index contributed by atoms with van der Waals surface area (Å²) in [6.45, 7) is 1.68. The Kier molecular flexibility index (Phi) is 6.40. The molecule has 1 N–H and O–H groups in total. The van der Waals surface area contributed by atoms with Gasteiger partial charge < -0.3 is 5.32 Å². The molecule has 0 bridgehead atoms. The topological polar surface area (TPSA) is 74.1 Å². The van der Waals surface area contributed by atoms with Gasteiger partial charge in [0.25, 0.3) is 5.91 Å². The molecule has 9 heteroatoms. The maximum Gasteiger partial charge on any atom is 0.259 e. The maximum absolute atomic E-state index is 14.1. The monoisotopic (exact) mass is 506 g/mol. The minimum atomic E-state index is -0.670. The van der Waals surface area contributed by atoms with E-state index in [4.69, 9.17) is 16.6 Å². The molecule has 2 atom stereocenters. The molecule has 0 fully saturated rings. The number of aliphatic imine (C=N–C) groups is 2. The molecule has 2 amide bonds. The molecule has 0 aromatic heterocycles. The Morgan fingerprint density at radius 1 is 1.14 bits per heavy atom. The molecular weight excluding hydrogens is 487 g/mol. The number of rotatable bonds is 5. The van der Waals surface area contributed by atoms with Gasteiger partial charge in [-0.3, -0.25) is 14.6 Å². The third-order valence-electron chi connectivity index (χ3n) is 5.66. The Bertz CT molecular complexity index is 1380. The highest BCUT2D eigenvalue weighted by molar-refractivity contribution is 8.15. The summed E-state index contributed by atoms with van der Waals surface area (Å²) in [5.41, 5.74) is 2.48. The van der Waals surface area contributed by atoms with Crippen molar-refractivity contribution in [1.29, 1.82) is 0 Å². The van der Waals surface area contributed by atoms with E-state index in [-0.39, 0.29) is 16.6 Å². The fourth-order valence-electron chi connectivity index (χ4n) is 3.89. The van der Waals surface area contributed by atoms with Crippen molar-refractivity contribution in [2.24, 2.45) is 9.98 Å². The molecule has 35 heavy (non-hydrogen) atoms. The number of carbonyl (C=O) groups excluding carboxylic acids is 2. The first-order valence-electron chi connectivity index (χ1n) is 11.0. The van der Waals surface area contributed by atoms with Crippen molar-refractivity contribution in [2.45, 2.75) is 24.6 Å². The van der Waals surface area contributed by atoms with E-state index >= 15 is 0 Å². The number of fused-ring (bicyclic) bond motifs is 3. The summed E-state index contributed by atoms with van der Waals surface area (Å²) in [6, 6.07) is 20.6. The average Bonchev–Trinajstić information content (AvgIpc) is 3.18. The van der Waals surface area contributed by atoms with Crippen molar-refractivity contribution in [3.63, 3.8) is 0 Å². The van der Waals surface area contributed by atoms with E-state index in [0.717, 1.165) is 29.0 Å². The summed E-state index contributed by atoms with van der Waals surface area (Å²) in [7, 11) is 0. The van der Waals surface area contributed by atoms with Crippen LogP contribution in [0.3, 0.4) is 0 Å². The lowest BCUT2D eigenvalue weighted by Crippen LogP contribution is -2.42. The minimum absolute atomic E-state index is 0.0326. The number of benzene rings is 3. The summed E-state index contributed by atoms with van der Waals surface area (Å²) in [4.78, 5) is 37.2. The largest absolute Gasteiger partial charge is 0.323 e. The second-order valence-corrected chi connectivity index (χ2v) is 9.86. The SMILES string of the molecule is CC(SC1=Nc2ccccc2C2=NC(Cc3ccccc3)C(=O)N12)C(=O)Nc1ccc(Cl)cc1F. The van der Waals surface area contributed by atoms with E-state index in [1.807, 2.05) is 54.6 Å². The molecule has 2 unspecified atom stereocenters. The third-order valence-corrected chi connectivity index (χ3v) is 6.95. The first-order valence-corrected chi connectivity index (χ1v) is 12.2. The second-order valence-electron chi connectivity index (χ2n) is 8.12. The normalized spacial score (nSPS) is 17.3. The number of anilines is 1. The van der Waals surface area contributed by atoms with E-state index in [0.29, 0.717) is 23.1 Å². The van der Waals surface area contributed by atoms with Gasteiger partial charge in [-0.05, 0) is 42.8 Å². The summed E-state index contributed by atoms with van der Waals surface area (Å²) >= 11 is 6.92. The molecule has 2 aliphatic rings. The van der Waals surface area contributed by atoms with Crippen molar-refractivity contribution < 1.29 is 14.0 Å². The summed E-state index contributed by atoms with van der Waals surface area (Å²) < 4.78 is 14.1. The number of para-hydroxylation sites is 1. The molecular formula is C26H20ClFN4O2S. The Balaban J connectivity index is 1.40. The standard InChI is InChI=1S/C26H20ClFN4O2S/c1-15(24(33)30-21-12-11-17(27)14-19(21)28)35-26-31-20-10-6-5-9-18(20)23-29-22(25(34)32(23)26)13-16-7-3-2-4-8-16/h2-12,14-15,22H,13H2,1H3,(H,30,33). The lowest BCUT2D eigenvalue weighted by molar-refractivity contribution is -0.124. The van der Waals surface area contributed by atoms with Crippen LogP contribution in [0.25, 0.3) is 0 Å². The van der Waals surface area contributed by atoms with Gasteiger partial charge in [0, 0.05) is 17.0 Å². The lowest BCUT2D eigenvalue weighted by atomic mass is 10.1. The Morgan fingerprint density at radius 2 is 1.89 bits per heavy atom.